The molecule has 0 unspecified atom stereocenters. The number of ether oxygens (including phenoxy) is 2. The van der Waals surface area contributed by atoms with Gasteiger partial charge in [0.05, 0.1) is 17.7 Å². The number of unbranched alkanes of at least 4 members (excludes halogenated alkanes) is 30. The maximum Gasteiger partial charge on any atom is 0.145 e. The van der Waals surface area contributed by atoms with Gasteiger partial charge in [-0.25, -0.2) is 0 Å². The average molecular weight is 781 g/mol. The monoisotopic (exact) mass is 781 g/mol. The number of phenols is 1. The van der Waals surface area contributed by atoms with E-state index in [1.165, 1.54) is 198 Å². The Morgan fingerprint density at radius 1 is 0.421 bits per heavy atom. The lowest BCUT2D eigenvalue weighted by Crippen LogP contribution is -2.10. The summed E-state index contributed by atoms with van der Waals surface area (Å²) in [7, 11) is 0. The number of benzene rings is 3. The van der Waals surface area contributed by atoms with Crippen LogP contribution in [0.15, 0.2) is 54.6 Å². The highest BCUT2D eigenvalue weighted by Gasteiger charge is 2.35. The summed E-state index contributed by atoms with van der Waals surface area (Å²) in [6.07, 6.45) is 44.9. The number of hydrogen-bond donors (Lipinski definition) is 1. The summed E-state index contributed by atoms with van der Waals surface area (Å²) in [6.45, 7) is 5.32. The van der Waals surface area contributed by atoms with Crippen LogP contribution < -0.4 is 9.47 Å². The van der Waals surface area contributed by atoms with Gasteiger partial charge >= 0.3 is 0 Å². The Hall–Kier alpha value is -2.94. The van der Waals surface area contributed by atoms with E-state index in [1.807, 2.05) is 24.3 Å². The number of hydrogen-bond acceptors (Lipinski definition) is 3. The van der Waals surface area contributed by atoms with E-state index in [9.17, 15) is 5.11 Å². The fraction of sp³-hybridized carbons (Fsp3) is 0.667. The molecule has 0 saturated carbocycles. The zero-order valence-electron chi connectivity index (χ0n) is 37.0. The van der Waals surface area contributed by atoms with Gasteiger partial charge in [-0.05, 0) is 42.5 Å². The van der Waals surface area contributed by atoms with Gasteiger partial charge in [-0.3, -0.25) is 0 Å². The smallest absolute Gasteiger partial charge is 0.145 e. The normalized spacial score (nSPS) is 11.8. The molecule has 3 aromatic rings. The fourth-order valence-corrected chi connectivity index (χ4v) is 8.82. The van der Waals surface area contributed by atoms with E-state index < -0.39 is 0 Å². The van der Waals surface area contributed by atoms with E-state index >= 15 is 0 Å². The van der Waals surface area contributed by atoms with Crippen LogP contribution in [0, 0.1) is 0 Å². The lowest BCUT2D eigenvalue weighted by molar-refractivity contribution is 0.304. The second kappa shape index (κ2) is 30.2. The Labute approximate surface area is 351 Å². The van der Waals surface area contributed by atoms with Gasteiger partial charge < -0.3 is 14.6 Å². The van der Waals surface area contributed by atoms with E-state index in [1.54, 1.807) is 0 Å². The molecule has 3 aromatic carbocycles. The highest BCUT2D eigenvalue weighted by molar-refractivity contribution is 5.95. The van der Waals surface area contributed by atoms with Crippen molar-refractivity contribution < 1.29 is 14.6 Å². The molecule has 0 amide bonds. The third-order valence-corrected chi connectivity index (χ3v) is 12.4. The fourth-order valence-electron chi connectivity index (χ4n) is 8.82. The van der Waals surface area contributed by atoms with Crippen molar-refractivity contribution in [3.05, 3.63) is 60.2 Å². The summed E-state index contributed by atoms with van der Waals surface area (Å²) in [5, 5.41) is 11.8. The van der Waals surface area contributed by atoms with Crippen LogP contribution in [-0.2, 0) is 6.42 Å². The van der Waals surface area contributed by atoms with E-state index in [4.69, 9.17) is 9.47 Å². The largest absolute Gasteiger partial charge is 0.506 e. The molecule has 2 aliphatic heterocycles. The van der Waals surface area contributed by atoms with Crippen molar-refractivity contribution >= 4 is 0 Å². The van der Waals surface area contributed by atoms with Crippen LogP contribution in [0.5, 0.6) is 23.0 Å². The second-order valence-electron chi connectivity index (χ2n) is 17.4. The predicted octanol–water partition coefficient (Wildman–Crippen LogP) is 18.3. The minimum atomic E-state index is 0.322. The Kier molecular flexibility index (Phi) is 24.7. The zero-order chi connectivity index (χ0) is 40.0. The Balaban J connectivity index is 1.14. The van der Waals surface area contributed by atoms with Crippen LogP contribution in [0.1, 0.15) is 225 Å². The molecule has 0 fully saturated rings. The molecule has 0 atom stereocenters. The number of rotatable bonds is 37. The molecule has 0 aliphatic carbocycles. The highest BCUT2D eigenvalue weighted by Crippen LogP contribution is 2.60. The van der Waals surface area contributed by atoms with Crippen LogP contribution in [0.4, 0.5) is 0 Å². The number of fused-ring (bicyclic) bond motifs is 2. The molecule has 318 valence electrons. The maximum absolute atomic E-state index is 11.8. The van der Waals surface area contributed by atoms with Crippen LogP contribution in [0.3, 0.4) is 0 Å². The van der Waals surface area contributed by atoms with Gasteiger partial charge in [-0.2, -0.15) is 0 Å². The molecule has 5 rings (SSSR count). The van der Waals surface area contributed by atoms with Gasteiger partial charge in [0.2, 0.25) is 0 Å². The van der Waals surface area contributed by atoms with E-state index in [0.717, 1.165) is 65.4 Å². The summed E-state index contributed by atoms with van der Waals surface area (Å²) >= 11 is 0. The molecule has 0 radical (unpaired) electrons. The predicted molar refractivity (Wildman–Crippen MR) is 247 cm³/mol. The first-order chi connectivity index (χ1) is 28.2. The first kappa shape index (κ1) is 46.7. The van der Waals surface area contributed by atoms with Crippen molar-refractivity contribution in [3.8, 4) is 45.3 Å². The lowest BCUT2D eigenvalue weighted by atomic mass is 9.87. The Morgan fingerprint density at radius 3 is 1.26 bits per heavy atom. The molecule has 1 N–H and O–H groups in total. The lowest BCUT2D eigenvalue weighted by Gasteiger charge is -2.32. The second-order valence-corrected chi connectivity index (χ2v) is 17.4. The molecule has 0 spiro atoms. The molecule has 2 heterocycles. The summed E-state index contributed by atoms with van der Waals surface area (Å²) in [6, 6.07) is 18.5. The standard InChI is InChI=1S/C54H84O3/c1-3-5-7-9-11-13-15-17-19-21-23-25-27-29-31-36-43-49-53-50(46-39-34-33-35-40-46)52(55)51(54(49)57-53)47-41-38-42-48(45-47)56-44-37-32-30-28-26-24-22-20-18-16-14-12-10-8-6-4-2/h33-35,38-42,45,55H,3-32,36-37,43-44H2,1-2H3. The summed E-state index contributed by atoms with van der Waals surface area (Å²) in [5.74, 6) is 2.92. The quantitative estimate of drug-likeness (QED) is 0.0463. The molecular weight excluding hydrogens is 697 g/mol. The third kappa shape index (κ3) is 17.8. The molecule has 2 aliphatic rings. The maximum atomic E-state index is 11.8. The first-order valence-electron chi connectivity index (χ1n) is 24.6. The average Bonchev–Trinajstić information content (AvgIpc) is 3.23. The molecule has 3 heteroatoms. The number of aromatic hydroxyl groups is 1. The molecule has 0 aromatic heterocycles. The molecule has 2 bridgehead atoms. The van der Waals surface area contributed by atoms with Gasteiger partial charge in [0.15, 0.2) is 0 Å². The van der Waals surface area contributed by atoms with Crippen LogP contribution in [0.2, 0.25) is 0 Å². The Morgan fingerprint density at radius 2 is 0.807 bits per heavy atom. The van der Waals surface area contributed by atoms with Gasteiger partial charge in [0, 0.05) is 5.56 Å². The highest BCUT2D eigenvalue weighted by atomic mass is 16.5. The van der Waals surface area contributed by atoms with Crippen molar-refractivity contribution in [3.63, 3.8) is 0 Å². The summed E-state index contributed by atoms with van der Waals surface area (Å²) < 4.78 is 12.7. The van der Waals surface area contributed by atoms with Crippen molar-refractivity contribution in [2.45, 2.75) is 226 Å². The first-order valence-corrected chi connectivity index (χ1v) is 24.6. The van der Waals surface area contributed by atoms with E-state index in [2.05, 4.69) is 44.2 Å². The van der Waals surface area contributed by atoms with Gasteiger partial charge in [0.1, 0.15) is 23.0 Å². The SMILES string of the molecule is CCCCCCCCCCCCCCCCCCOc1cccc(-c2c(O)c(-c3ccccc3)c3c(CCCCCCCCCCCCCCCCCC)c2O3)c1. The van der Waals surface area contributed by atoms with E-state index in [0.29, 0.717) is 5.75 Å². The van der Waals surface area contributed by atoms with Crippen molar-refractivity contribution in [2.24, 2.45) is 0 Å². The van der Waals surface area contributed by atoms with Crippen molar-refractivity contribution in [1.82, 2.24) is 0 Å². The summed E-state index contributed by atoms with van der Waals surface area (Å²) in [4.78, 5) is 0. The van der Waals surface area contributed by atoms with Crippen LogP contribution in [-0.4, -0.2) is 11.7 Å². The van der Waals surface area contributed by atoms with Crippen LogP contribution >= 0.6 is 0 Å². The molecule has 3 nitrogen and oxygen atoms in total. The molecule has 57 heavy (non-hydrogen) atoms. The molecule has 0 saturated heterocycles. The number of phenolic OH excluding ortho intramolecular Hbond substituents is 1. The Bertz CT molecular complexity index is 1450. The molecular formula is C54H84O3. The van der Waals surface area contributed by atoms with E-state index in [-0.39, 0.29) is 0 Å². The topological polar surface area (TPSA) is 38.7 Å². The van der Waals surface area contributed by atoms with Crippen molar-refractivity contribution in [1.29, 1.82) is 0 Å². The summed E-state index contributed by atoms with van der Waals surface area (Å²) in [5.41, 5.74) is 4.87. The van der Waals surface area contributed by atoms with Crippen LogP contribution in [0.25, 0.3) is 22.3 Å². The van der Waals surface area contributed by atoms with Gasteiger partial charge in [-0.1, -0.05) is 249 Å². The zero-order valence-corrected chi connectivity index (χ0v) is 37.0. The third-order valence-electron chi connectivity index (χ3n) is 12.4. The van der Waals surface area contributed by atoms with Crippen molar-refractivity contribution in [2.75, 3.05) is 6.61 Å². The van der Waals surface area contributed by atoms with Gasteiger partial charge in [0.25, 0.3) is 0 Å². The number of aryl methyl sites for hydroxylation is 1. The minimum absolute atomic E-state index is 0.322. The minimum Gasteiger partial charge on any atom is -0.506 e. The van der Waals surface area contributed by atoms with Gasteiger partial charge in [-0.15, -0.1) is 0 Å².